The van der Waals surface area contributed by atoms with Crippen molar-refractivity contribution < 1.29 is 14.3 Å². The highest BCUT2D eigenvalue weighted by Gasteiger charge is 2.36. The Hall–Kier alpha value is -2.11. The van der Waals surface area contributed by atoms with Gasteiger partial charge in [0.05, 0.1) is 12.3 Å². The van der Waals surface area contributed by atoms with Crippen molar-refractivity contribution in [2.24, 2.45) is 0 Å². The van der Waals surface area contributed by atoms with Crippen LogP contribution in [0.15, 0.2) is 18.3 Å². The summed E-state index contributed by atoms with van der Waals surface area (Å²) < 4.78 is 4.85. The number of hydrogen-bond donors (Lipinski definition) is 1. The van der Waals surface area contributed by atoms with Gasteiger partial charge >= 0.3 is 5.97 Å². The second-order valence-electron chi connectivity index (χ2n) is 3.60. The summed E-state index contributed by atoms with van der Waals surface area (Å²) >= 11 is 0. The van der Waals surface area contributed by atoms with Gasteiger partial charge in [0.2, 0.25) is 6.04 Å². The molecule has 1 aromatic heterocycles. The molecule has 0 spiro atoms. The summed E-state index contributed by atoms with van der Waals surface area (Å²) in [7, 11) is 1.58. The number of ether oxygens (including phenoxy) is 1. The van der Waals surface area contributed by atoms with Crippen LogP contribution in [-0.4, -0.2) is 36.6 Å². The smallest absolute Gasteiger partial charge is 0.338 e. The SMILES string of the molecule is CCOC(=O)[C@H]1Nc2cccnc2N(C)C1=O. The van der Waals surface area contributed by atoms with Crippen LogP contribution in [0.1, 0.15) is 6.92 Å². The Labute approximate surface area is 98.6 Å². The fourth-order valence-corrected chi connectivity index (χ4v) is 1.68. The first kappa shape index (κ1) is 11.4. The van der Waals surface area contributed by atoms with Crippen LogP contribution in [0.25, 0.3) is 0 Å². The molecule has 0 aliphatic carbocycles. The number of nitrogens with zero attached hydrogens (tertiary/aromatic N) is 2. The van der Waals surface area contributed by atoms with Gasteiger partial charge in [0, 0.05) is 13.2 Å². The molecule has 6 nitrogen and oxygen atoms in total. The fourth-order valence-electron chi connectivity index (χ4n) is 1.68. The first-order valence-corrected chi connectivity index (χ1v) is 5.31. The van der Waals surface area contributed by atoms with E-state index in [1.54, 1.807) is 32.3 Å². The number of esters is 1. The largest absolute Gasteiger partial charge is 0.464 e. The first-order valence-electron chi connectivity index (χ1n) is 5.31. The van der Waals surface area contributed by atoms with Crippen LogP contribution >= 0.6 is 0 Å². The molecule has 0 unspecified atom stereocenters. The van der Waals surface area contributed by atoms with Gasteiger partial charge in [-0.15, -0.1) is 0 Å². The highest BCUT2D eigenvalue weighted by atomic mass is 16.5. The highest BCUT2D eigenvalue weighted by molar-refractivity contribution is 6.14. The second-order valence-corrected chi connectivity index (χ2v) is 3.60. The molecule has 2 rings (SSSR count). The molecule has 1 aliphatic heterocycles. The van der Waals surface area contributed by atoms with Gasteiger partial charge in [-0.2, -0.15) is 0 Å². The molecule has 0 saturated heterocycles. The molecule has 1 aliphatic rings. The Bertz CT molecular complexity index is 461. The van der Waals surface area contributed by atoms with Crippen LogP contribution in [0.2, 0.25) is 0 Å². The van der Waals surface area contributed by atoms with E-state index < -0.39 is 12.0 Å². The number of pyridine rings is 1. The molecule has 0 saturated carbocycles. The number of anilines is 2. The Morgan fingerprint density at radius 1 is 1.65 bits per heavy atom. The Morgan fingerprint density at radius 2 is 2.41 bits per heavy atom. The van der Waals surface area contributed by atoms with Gasteiger partial charge in [-0.05, 0) is 19.1 Å². The monoisotopic (exact) mass is 235 g/mol. The molecule has 2 heterocycles. The van der Waals surface area contributed by atoms with Gasteiger partial charge in [-0.25, -0.2) is 9.78 Å². The number of carbonyl (C=O) groups excluding carboxylic acids is 2. The third kappa shape index (κ3) is 1.93. The zero-order valence-corrected chi connectivity index (χ0v) is 9.64. The number of carbonyl (C=O) groups is 2. The van der Waals surface area contributed by atoms with Crippen LogP contribution in [0.4, 0.5) is 11.5 Å². The first-order chi connectivity index (χ1) is 8.15. The quantitative estimate of drug-likeness (QED) is 0.593. The van der Waals surface area contributed by atoms with E-state index in [0.717, 1.165) is 0 Å². The number of hydrogen-bond acceptors (Lipinski definition) is 5. The summed E-state index contributed by atoms with van der Waals surface area (Å²) in [6.45, 7) is 1.94. The van der Waals surface area contributed by atoms with Gasteiger partial charge in [0.1, 0.15) is 0 Å². The number of amides is 1. The summed E-state index contributed by atoms with van der Waals surface area (Å²) in [5.41, 5.74) is 0.646. The summed E-state index contributed by atoms with van der Waals surface area (Å²) in [4.78, 5) is 29.0. The molecule has 0 aromatic carbocycles. The summed E-state index contributed by atoms with van der Waals surface area (Å²) in [6.07, 6.45) is 1.59. The predicted octanol–water partition coefficient (Wildman–Crippen LogP) is 0.402. The molecule has 1 atom stereocenters. The third-order valence-electron chi connectivity index (χ3n) is 2.50. The van der Waals surface area contributed by atoms with E-state index in [1.165, 1.54) is 4.90 Å². The number of aromatic nitrogens is 1. The van der Waals surface area contributed by atoms with Crippen molar-refractivity contribution in [3.05, 3.63) is 18.3 Å². The minimum absolute atomic E-state index is 0.244. The van der Waals surface area contributed by atoms with Gasteiger partial charge in [0.15, 0.2) is 5.82 Å². The van der Waals surface area contributed by atoms with E-state index in [1.807, 2.05) is 0 Å². The fraction of sp³-hybridized carbons (Fsp3) is 0.364. The zero-order valence-electron chi connectivity index (χ0n) is 9.64. The topological polar surface area (TPSA) is 71.5 Å². The average Bonchev–Trinajstić information content (AvgIpc) is 2.34. The Morgan fingerprint density at radius 3 is 3.12 bits per heavy atom. The minimum Gasteiger partial charge on any atom is -0.464 e. The summed E-state index contributed by atoms with van der Waals surface area (Å²) in [5, 5.41) is 2.83. The summed E-state index contributed by atoms with van der Waals surface area (Å²) in [6, 6.07) is 2.51. The van der Waals surface area contributed by atoms with Crippen LogP contribution in [0.3, 0.4) is 0 Å². The van der Waals surface area contributed by atoms with E-state index in [9.17, 15) is 9.59 Å². The second kappa shape index (κ2) is 4.40. The standard InChI is InChI=1S/C11H13N3O3/c1-3-17-11(16)8-10(15)14(2)9-7(13-8)5-4-6-12-9/h4-6,8,13H,3H2,1-2H3/t8-/m0/s1. The number of fused-ring (bicyclic) bond motifs is 1. The molecular formula is C11H13N3O3. The van der Waals surface area contributed by atoms with E-state index >= 15 is 0 Å². The van der Waals surface area contributed by atoms with Crippen molar-refractivity contribution in [2.45, 2.75) is 13.0 Å². The van der Waals surface area contributed by atoms with Gasteiger partial charge in [-0.1, -0.05) is 0 Å². The van der Waals surface area contributed by atoms with Gasteiger partial charge in [-0.3, -0.25) is 9.69 Å². The summed E-state index contributed by atoms with van der Waals surface area (Å²) in [5.74, 6) is -0.424. The van der Waals surface area contributed by atoms with Gasteiger partial charge in [0.25, 0.3) is 5.91 Å². The highest BCUT2D eigenvalue weighted by Crippen LogP contribution is 2.27. The van der Waals surface area contributed by atoms with Crippen molar-refractivity contribution in [3.63, 3.8) is 0 Å². The zero-order chi connectivity index (χ0) is 12.4. The van der Waals surface area contributed by atoms with E-state index in [0.29, 0.717) is 11.5 Å². The molecule has 6 heteroatoms. The van der Waals surface area contributed by atoms with Crippen LogP contribution in [0.5, 0.6) is 0 Å². The minimum atomic E-state index is -0.989. The average molecular weight is 235 g/mol. The lowest BCUT2D eigenvalue weighted by molar-refractivity contribution is -0.146. The number of rotatable bonds is 2. The lowest BCUT2D eigenvalue weighted by Gasteiger charge is -2.30. The predicted molar refractivity (Wildman–Crippen MR) is 61.7 cm³/mol. The van der Waals surface area contributed by atoms with Crippen LogP contribution in [-0.2, 0) is 14.3 Å². The molecule has 17 heavy (non-hydrogen) atoms. The number of nitrogens with one attached hydrogen (secondary N) is 1. The maximum atomic E-state index is 11.9. The lowest BCUT2D eigenvalue weighted by atomic mass is 10.1. The molecule has 0 fully saturated rings. The van der Waals surface area contributed by atoms with Crippen molar-refractivity contribution >= 4 is 23.4 Å². The van der Waals surface area contributed by atoms with E-state index in [2.05, 4.69) is 10.3 Å². The van der Waals surface area contributed by atoms with Crippen molar-refractivity contribution in [1.82, 2.24) is 4.98 Å². The maximum absolute atomic E-state index is 11.9. The molecule has 0 bridgehead atoms. The number of likely N-dealkylation sites (N-methyl/N-ethyl adjacent to an activating group) is 1. The van der Waals surface area contributed by atoms with Crippen LogP contribution < -0.4 is 10.2 Å². The maximum Gasteiger partial charge on any atom is 0.338 e. The molecule has 1 N–H and O–H groups in total. The molecule has 90 valence electrons. The van der Waals surface area contributed by atoms with E-state index in [4.69, 9.17) is 4.74 Å². The molecule has 1 amide bonds. The molecular weight excluding hydrogens is 222 g/mol. The van der Waals surface area contributed by atoms with Crippen molar-refractivity contribution in [1.29, 1.82) is 0 Å². The van der Waals surface area contributed by atoms with E-state index in [-0.39, 0.29) is 12.5 Å². The molecule has 1 aromatic rings. The van der Waals surface area contributed by atoms with Crippen molar-refractivity contribution in [2.75, 3.05) is 23.9 Å². The van der Waals surface area contributed by atoms with Crippen molar-refractivity contribution in [3.8, 4) is 0 Å². The lowest BCUT2D eigenvalue weighted by Crippen LogP contribution is -2.50. The Balaban J connectivity index is 2.31. The van der Waals surface area contributed by atoms with Crippen LogP contribution in [0, 0.1) is 0 Å². The molecule has 0 radical (unpaired) electrons. The van der Waals surface area contributed by atoms with Gasteiger partial charge < -0.3 is 10.1 Å². The Kier molecular flexibility index (Phi) is 2.95. The normalized spacial score (nSPS) is 18.4. The third-order valence-corrected chi connectivity index (χ3v) is 2.50.